The van der Waals surface area contributed by atoms with Gasteiger partial charge in [-0.05, 0) is 35.4 Å². The lowest BCUT2D eigenvalue weighted by atomic mass is 10.1. The number of nitrogens with one attached hydrogen (secondary N) is 1. The van der Waals surface area contributed by atoms with Gasteiger partial charge in [-0.25, -0.2) is 4.79 Å². The molecule has 0 unspecified atom stereocenters. The minimum atomic E-state index is -2.88. The van der Waals surface area contributed by atoms with Crippen LogP contribution in [0.3, 0.4) is 0 Å². The Balaban J connectivity index is 1.83. The smallest absolute Gasteiger partial charge is 0.387 e. The lowest BCUT2D eigenvalue weighted by Gasteiger charge is -2.08. The van der Waals surface area contributed by atoms with Gasteiger partial charge < -0.3 is 14.8 Å². The number of carbonyl (C=O) groups is 2. The van der Waals surface area contributed by atoms with Crippen molar-refractivity contribution in [2.24, 2.45) is 0 Å². The summed E-state index contributed by atoms with van der Waals surface area (Å²) in [6.45, 7) is -2.56. The molecule has 0 aliphatic heterocycles. The third-order valence-corrected chi connectivity index (χ3v) is 3.38. The molecule has 1 N–H and O–H groups in total. The first-order chi connectivity index (χ1) is 12.0. The molecule has 2 aromatic rings. The molecule has 0 atom stereocenters. The number of hydrogen-bond donors (Lipinski definition) is 1. The maximum absolute atomic E-state index is 12.1. The van der Waals surface area contributed by atoms with Crippen LogP contribution in [0.4, 0.5) is 8.78 Å². The monoisotopic (exact) mass is 349 g/mol. The summed E-state index contributed by atoms with van der Waals surface area (Å²) in [6.07, 6.45) is 0.120. The van der Waals surface area contributed by atoms with Crippen LogP contribution in [0.5, 0.6) is 5.75 Å². The van der Waals surface area contributed by atoms with Gasteiger partial charge in [-0.3, -0.25) is 4.79 Å². The van der Waals surface area contributed by atoms with Crippen LogP contribution in [-0.4, -0.2) is 25.6 Å². The van der Waals surface area contributed by atoms with E-state index in [9.17, 15) is 18.4 Å². The molecule has 0 spiro atoms. The summed E-state index contributed by atoms with van der Waals surface area (Å²) in [6, 6.07) is 12.6. The molecular weight excluding hydrogens is 332 g/mol. The molecule has 2 rings (SSSR count). The van der Waals surface area contributed by atoms with E-state index in [1.54, 1.807) is 36.4 Å². The second kappa shape index (κ2) is 8.77. The van der Waals surface area contributed by atoms with Crippen LogP contribution in [0, 0.1) is 0 Å². The predicted octanol–water partition coefficient (Wildman–Crippen LogP) is 2.93. The highest BCUT2D eigenvalue weighted by Crippen LogP contribution is 2.15. The quantitative estimate of drug-likeness (QED) is 0.781. The van der Waals surface area contributed by atoms with Crippen molar-refractivity contribution in [3.8, 4) is 5.75 Å². The van der Waals surface area contributed by atoms with Crippen LogP contribution in [0.1, 0.15) is 21.5 Å². The fourth-order valence-electron chi connectivity index (χ4n) is 2.11. The van der Waals surface area contributed by atoms with E-state index in [2.05, 4.69) is 14.8 Å². The van der Waals surface area contributed by atoms with Gasteiger partial charge in [0.1, 0.15) is 5.75 Å². The molecule has 7 heteroatoms. The Hall–Kier alpha value is -2.96. The number of carbonyl (C=O) groups excluding carboxylic acids is 2. The highest BCUT2D eigenvalue weighted by atomic mass is 19.3. The molecule has 1 amide bonds. The van der Waals surface area contributed by atoms with E-state index in [-0.39, 0.29) is 18.1 Å². The standard InChI is InChI=1S/C18H17F2NO4/c1-24-17(23)14-6-2-13(3-7-14)11-21-16(22)10-12-4-8-15(9-5-12)25-18(19)20/h2-9,18H,10-11H2,1H3,(H,21,22). The summed E-state index contributed by atoms with van der Waals surface area (Å²) in [5.74, 6) is -0.584. The van der Waals surface area contributed by atoms with Crippen molar-refractivity contribution in [1.29, 1.82) is 0 Å². The average Bonchev–Trinajstić information content (AvgIpc) is 2.61. The van der Waals surface area contributed by atoms with Crippen molar-refractivity contribution >= 4 is 11.9 Å². The second-order valence-electron chi connectivity index (χ2n) is 5.16. The molecule has 132 valence electrons. The largest absolute Gasteiger partial charge is 0.465 e. The van der Waals surface area contributed by atoms with Gasteiger partial charge >= 0.3 is 12.6 Å². The normalized spacial score (nSPS) is 10.4. The molecule has 0 aromatic heterocycles. The number of esters is 1. The Morgan fingerprint density at radius 3 is 2.16 bits per heavy atom. The molecule has 0 fully saturated rings. The summed E-state index contributed by atoms with van der Waals surface area (Å²) in [4.78, 5) is 23.3. The van der Waals surface area contributed by atoms with Crippen LogP contribution < -0.4 is 10.1 Å². The van der Waals surface area contributed by atoms with E-state index in [0.717, 1.165) is 5.56 Å². The van der Waals surface area contributed by atoms with E-state index in [1.807, 2.05) is 0 Å². The molecule has 0 aliphatic rings. The number of hydrogen-bond acceptors (Lipinski definition) is 4. The number of benzene rings is 2. The van der Waals surface area contributed by atoms with Gasteiger partial charge in [0, 0.05) is 6.54 Å². The molecule has 0 saturated carbocycles. The van der Waals surface area contributed by atoms with Crippen LogP contribution >= 0.6 is 0 Å². The predicted molar refractivity (Wildman–Crippen MR) is 86.4 cm³/mol. The number of amides is 1. The number of ether oxygens (including phenoxy) is 2. The van der Waals surface area contributed by atoms with Crippen molar-refractivity contribution in [3.05, 3.63) is 65.2 Å². The first kappa shape index (κ1) is 18.4. The minimum Gasteiger partial charge on any atom is -0.465 e. The lowest BCUT2D eigenvalue weighted by Crippen LogP contribution is -2.24. The Labute approximate surface area is 143 Å². The van der Waals surface area contributed by atoms with E-state index in [1.165, 1.54) is 19.2 Å². The Morgan fingerprint density at radius 2 is 1.60 bits per heavy atom. The molecule has 5 nitrogen and oxygen atoms in total. The molecular formula is C18H17F2NO4. The summed E-state index contributed by atoms with van der Waals surface area (Å²) in [7, 11) is 1.31. The molecule has 0 bridgehead atoms. The summed E-state index contributed by atoms with van der Waals surface area (Å²) in [5, 5.41) is 2.75. The minimum absolute atomic E-state index is 0.0462. The van der Waals surface area contributed by atoms with Gasteiger partial charge in [0.25, 0.3) is 0 Å². The average molecular weight is 349 g/mol. The van der Waals surface area contributed by atoms with Crippen molar-refractivity contribution < 1.29 is 27.8 Å². The Kier molecular flexibility index (Phi) is 6.45. The zero-order valence-electron chi connectivity index (χ0n) is 13.5. The third kappa shape index (κ3) is 5.87. The number of halogens is 2. The maximum atomic E-state index is 12.1. The van der Waals surface area contributed by atoms with Crippen LogP contribution in [0.25, 0.3) is 0 Å². The van der Waals surface area contributed by atoms with Crippen molar-refractivity contribution in [3.63, 3.8) is 0 Å². The lowest BCUT2D eigenvalue weighted by molar-refractivity contribution is -0.120. The Bertz CT molecular complexity index is 715. The van der Waals surface area contributed by atoms with Gasteiger partial charge in [0.05, 0.1) is 19.1 Å². The van der Waals surface area contributed by atoms with Crippen LogP contribution in [-0.2, 0) is 22.5 Å². The van der Waals surface area contributed by atoms with Gasteiger partial charge in [-0.15, -0.1) is 0 Å². The highest BCUT2D eigenvalue weighted by Gasteiger charge is 2.07. The maximum Gasteiger partial charge on any atom is 0.387 e. The highest BCUT2D eigenvalue weighted by molar-refractivity contribution is 5.89. The number of alkyl halides is 2. The van der Waals surface area contributed by atoms with Crippen molar-refractivity contribution in [1.82, 2.24) is 5.32 Å². The van der Waals surface area contributed by atoms with Gasteiger partial charge in [0.2, 0.25) is 5.91 Å². The van der Waals surface area contributed by atoms with Crippen molar-refractivity contribution in [2.45, 2.75) is 19.6 Å². The van der Waals surface area contributed by atoms with Crippen LogP contribution in [0.2, 0.25) is 0 Å². The zero-order chi connectivity index (χ0) is 18.2. The number of methoxy groups -OCH3 is 1. The molecule has 0 saturated heterocycles. The summed E-state index contributed by atoms with van der Waals surface area (Å²) < 4.78 is 33.0. The van der Waals surface area contributed by atoms with E-state index in [0.29, 0.717) is 17.7 Å². The van der Waals surface area contributed by atoms with Gasteiger partial charge in [0.15, 0.2) is 0 Å². The van der Waals surface area contributed by atoms with E-state index in [4.69, 9.17) is 0 Å². The van der Waals surface area contributed by atoms with Crippen molar-refractivity contribution in [2.75, 3.05) is 7.11 Å². The first-order valence-corrected chi connectivity index (χ1v) is 7.45. The molecule has 2 aromatic carbocycles. The Morgan fingerprint density at radius 1 is 1.00 bits per heavy atom. The zero-order valence-corrected chi connectivity index (χ0v) is 13.5. The third-order valence-electron chi connectivity index (χ3n) is 3.38. The van der Waals surface area contributed by atoms with Gasteiger partial charge in [-0.2, -0.15) is 8.78 Å². The second-order valence-corrected chi connectivity index (χ2v) is 5.16. The number of rotatable bonds is 7. The topological polar surface area (TPSA) is 64.6 Å². The summed E-state index contributed by atoms with van der Waals surface area (Å²) >= 11 is 0. The summed E-state index contributed by atoms with van der Waals surface area (Å²) in [5.41, 5.74) is 1.95. The van der Waals surface area contributed by atoms with Gasteiger partial charge in [-0.1, -0.05) is 24.3 Å². The molecule has 0 radical (unpaired) electrons. The SMILES string of the molecule is COC(=O)c1ccc(CNC(=O)Cc2ccc(OC(F)F)cc2)cc1. The van der Waals surface area contributed by atoms with E-state index < -0.39 is 12.6 Å². The molecule has 0 heterocycles. The molecule has 25 heavy (non-hydrogen) atoms. The first-order valence-electron chi connectivity index (χ1n) is 7.45. The van der Waals surface area contributed by atoms with E-state index >= 15 is 0 Å². The molecule has 0 aliphatic carbocycles. The van der Waals surface area contributed by atoms with Crippen LogP contribution in [0.15, 0.2) is 48.5 Å². The fourth-order valence-corrected chi connectivity index (χ4v) is 2.11. The fraction of sp³-hybridized carbons (Fsp3) is 0.222.